The standard InChI is InChI=1S/C19H14F4N4O/c20-16-15(17(21)19(23)25-18(16)22)11-3-1-9(2-4-11)7-14(28)24-13-8-12(26-27-13)10-5-6-10/h1-4,8,10H,5-7H2,(H2,24,26,27,28). The number of amides is 1. The summed E-state index contributed by atoms with van der Waals surface area (Å²) in [5, 5.41) is 9.58. The molecule has 0 atom stereocenters. The van der Waals surface area contributed by atoms with E-state index in [4.69, 9.17) is 0 Å². The minimum absolute atomic E-state index is 0.00403. The van der Waals surface area contributed by atoms with Crippen molar-refractivity contribution in [3.8, 4) is 11.1 Å². The number of pyridine rings is 1. The molecule has 1 saturated carbocycles. The molecule has 28 heavy (non-hydrogen) atoms. The lowest BCUT2D eigenvalue weighted by atomic mass is 10.0. The summed E-state index contributed by atoms with van der Waals surface area (Å²) in [5.41, 5.74) is 0.626. The molecule has 1 aliphatic rings. The molecule has 0 spiro atoms. The first-order valence-electron chi connectivity index (χ1n) is 8.57. The van der Waals surface area contributed by atoms with Gasteiger partial charge in [0.15, 0.2) is 17.5 Å². The van der Waals surface area contributed by atoms with Gasteiger partial charge in [-0.05, 0) is 24.0 Å². The van der Waals surface area contributed by atoms with Crippen LogP contribution in [0.3, 0.4) is 0 Å². The summed E-state index contributed by atoms with van der Waals surface area (Å²) in [5.74, 6) is -6.00. The molecule has 3 aromatic rings. The number of nitrogens with zero attached hydrogens (tertiary/aromatic N) is 2. The normalized spacial score (nSPS) is 13.6. The fourth-order valence-electron chi connectivity index (χ4n) is 2.91. The van der Waals surface area contributed by atoms with Crippen LogP contribution in [-0.4, -0.2) is 21.1 Å². The molecule has 1 amide bonds. The van der Waals surface area contributed by atoms with Crippen molar-refractivity contribution in [2.75, 3.05) is 5.32 Å². The van der Waals surface area contributed by atoms with E-state index in [2.05, 4.69) is 20.5 Å². The van der Waals surface area contributed by atoms with Gasteiger partial charge in [0.25, 0.3) is 11.9 Å². The van der Waals surface area contributed by atoms with Crippen molar-refractivity contribution in [3.05, 3.63) is 65.1 Å². The zero-order valence-electron chi connectivity index (χ0n) is 14.4. The highest BCUT2D eigenvalue weighted by atomic mass is 19.2. The van der Waals surface area contributed by atoms with Crippen LogP contribution in [0.1, 0.15) is 30.0 Å². The van der Waals surface area contributed by atoms with Gasteiger partial charge in [-0.15, -0.1) is 0 Å². The van der Waals surface area contributed by atoms with Crippen LogP contribution in [0, 0.1) is 23.5 Å². The summed E-state index contributed by atoms with van der Waals surface area (Å²) in [6.07, 6.45) is 2.21. The summed E-state index contributed by atoms with van der Waals surface area (Å²) < 4.78 is 54.2. The Morgan fingerprint density at radius 2 is 1.71 bits per heavy atom. The Balaban J connectivity index is 1.46. The Morgan fingerprint density at radius 3 is 2.32 bits per heavy atom. The Labute approximate surface area is 156 Å². The van der Waals surface area contributed by atoms with Crippen LogP contribution < -0.4 is 5.32 Å². The number of benzene rings is 1. The maximum atomic E-state index is 13.8. The van der Waals surface area contributed by atoms with E-state index < -0.39 is 29.1 Å². The summed E-state index contributed by atoms with van der Waals surface area (Å²) in [6, 6.07) is 7.25. The lowest BCUT2D eigenvalue weighted by Gasteiger charge is -2.08. The topological polar surface area (TPSA) is 70.7 Å². The minimum atomic E-state index is -1.72. The van der Waals surface area contributed by atoms with Crippen LogP contribution in [0.15, 0.2) is 30.3 Å². The zero-order chi connectivity index (χ0) is 19.8. The molecule has 2 N–H and O–H groups in total. The maximum absolute atomic E-state index is 13.8. The molecule has 2 aromatic heterocycles. The number of anilines is 1. The molecule has 4 rings (SSSR count). The van der Waals surface area contributed by atoms with Crippen molar-refractivity contribution in [3.63, 3.8) is 0 Å². The van der Waals surface area contributed by atoms with Crippen molar-refractivity contribution in [1.29, 1.82) is 0 Å². The molecule has 2 heterocycles. The average molecular weight is 390 g/mol. The quantitative estimate of drug-likeness (QED) is 0.509. The smallest absolute Gasteiger partial charge is 0.252 e. The molecule has 0 aliphatic heterocycles. The van der Waals surface area contributed by atoms with Crippen molar-refractivity contribution in [1.82, 2.24) is 15.2 Å². The second-order valence-corrected chi connectivity index (χ2v) is 6.60. The third-order valence-electron chi connectivity index (χ3n) is 4.49. The number of aromatic nitrogens is 3. The van der Waals surface area contributed by atoms with E-state index in [1.54, 1.807) is 6.07 Å². The summed E-state index contributed by atoms with van der Waals surface area (Å²) in [7, 11) is 0. The molecule has 5 nitrogen and oxygen atoms in total. The Hall–Kier alpha value is -3.23. The van der Waals surface area contributed by atoms with Gasteiger partial charge in [0.05, 0.1) is 12.0 Å². The average Bonchev–Trinajstić information content (AvgIpc) is 3.41. The number of carbonyl (C=O) groups excluding carboxylic acids is 1. The number of aromatic amines is 1. The van der Waals surface area contributed by atoms with Crippen molar-refractivity contribution in [2.45, 2.75) is 25.2 Å². The van der Waals surface area contributed by atoms with E-state index in [-0.39, 0.29) is 17.9 Å². The number of hydrogen-bond donors (Lipinski definition) is 2. The second kappa shape index (κ2) is 7.06. The molecule has 0 bridgehead atoms. The number of hydrogen-bond acceptors (Lipinski definition) is 3. The van der Waals surface area contributed by atoms with Crippen LogP contribution in [0.4, 0.5) is 23.4 Å². The first-order valence-corrected chi connectivity index (χ1v) is 8.57. The lowest BCUT2D eigenvalue weighted by molar-refractivity contribution is -0.115. The molecule has 144 valence electrons. The fraction of sp³-hybridized carbons (Fsp3) is 0.211. The van der Waals surface area contributed by atoms with E-state index in [1.165, 1.54) is 24.3 Å². The van der Waals surface area contributed by atoms with Crippen LogP contribution in [0.25, 0.3) is 11.1 Å². The molecular formula is C19H14F4N4O. The van der Waals surface area contributed by atoms with Gasteiger partial charge in [-0.2, -0.15) is 18.9 Å². The van der Waals surface area contributed by atoms with Gasteiger partial charge < -0.3 is 5.32 Å². The molecular weight excluding hydrogens is 376 g/mol. The predicted molar refractivity (Wildman–Crippen MR) is 92.4 cm³/mol. The first kappa shape index (κ1) is 18.1. The summed E-state index contributed by atoms with van der Waals surface area (Å²) >= 11 is 0. The number of carbonyl (C=O) groups is 1. The third-order valence-corrected chi connectivity index (χ3v) is 4.49. The van der Waals surface area contributed by atoms with Gasteiger partial charge in [-0.3, -0.25) is 9.89 Å². The van der Waals surface area contributed by atoms with Gasteiger partial charge >= 0.3 is 0 Å². The molecule has 9 heteroatoms. The van der Waals surface area contributed by atoms with Crippen molar-refractivity contribution >= 4 is 11.7 Å². The summed E-state index contributed by atoms with van der Waals surface area (Å²) in [4.78, 5) is 14.7. The van der Waals surface area contributed by atoms with E-state index in [0.717, 1.165) is 18.5 Å². The van der Waals surface area contributed by atoms with Gasteiger partial charge in [-0.1, -0.05) is 24.3 Å². The number of nitrogens with one attached hydrogen (secondary N) is 2. The second-order valence-electron chi connectivity index (χ2n) is 6.60. The highest BCUT2D eigenvalue weighted by molar-refractivity contribution is 5.91. The highest BCUT2D eigenvalue weighted by Gasteiger charge is 2.26. The van der Waals surface area contributed by atoms with Crippen molar-refractivity contribution < 1.29 is 22.4 Å². The molecule has 0 unspecified atom stereocenters. The van der Waals surface area contributed by atoms with Gasteiger partial charge in [-0.25, -0.2) is 8.78 Å². The monoisotopic (exact) mass is 390 g/mol. The predicted octanol–water partition coefficient (Wildman–Crippen LogP) is 4.09. The van der Waals surface area contributed by atoms with Crippen LogP contribution in [0.5, 0.6) is 0 Å². The van der Waals surface area contributed by atoms with Crippen LogP contribution >= 0.6 is 0 Å². The molecule has 0 saturated heterocycles. The van der Waals surface area contributed by atoms with E-state index in [9.17, 15) is 22.4 Å². The number of halogens is 4. The highest BCUT2D eigenvalue weighted by Crippen LogP contribution is 2.39. The van der Waals surface area contributed by atoms with Crippen molar-refractivity contribution in [2.24, 2.45) is 0 Å². The van der Waals surface area contributed by atoms with E-state index in [0.29, 0.717) is 17.3 Å². The van der Waals surface area contributed by atoms with Gasteiger partial charge in [0, 0.05) is 17.7 Å². The van der Waals surface area contributed by atoms with Crippen LogP contribution in [-0.2, 0) is 11.2 Å². The molecule has 1 fully saturated rings. The molecule has 1 aromatic carbocycles. The van der Waals surface area contributed by atoms with E-state index in [1.807, 2.05) is 0 Å². The molecule has 1 aliphatic carbocycles. The summed E-state index contributed by atoms with van der Waals surface area (Å²) in [6.45, 7) is 0. The number of H-pyrrole nitrogens is 1. The van der Waals surface area contributed by atoms with Gasteiger partial charge in [0.1, 0.15) is 0 Å². The largest absolute Gasteiger partial charge is 0.309 e. The first-order chi connectivity index (χ1) is 13.4. The maximum Gasteiger partial charge on any atom is 0.252 e. The number of rotatable bonds is 5. The minimum Gasteiger partial charge on any atom is -0.309 e. The Kier molecular flexibility index (Phi) is 4.58. The SMILES string of the molecule is O=C(Cc1ccc(-c2c(F)c(F)nc(F)c2F)cc1)Nc1cc(C2CC2)[nH]n1. The Morgan fingerprint density at radius 1 is 1.07 bits per heavy atom. The van der Waals surface area contributed by atoms with Crippen LogP contribution in [0.2, 0.25) is 0 Å². The van der Waals surface area contributed by atoms with E-state index >= 15 is 0 Å². The fourth-order valence-corrected chi connectivity index (χ4v) is 2.91. The zero-order valence-corrected chi connectivity index (χ0v) is 14.4. The van der Waals surface area contributed by atoms with Gasteiger partial charge in [0.2, 0.25) is 5.91 Å². The Bertz CT molecular complexity index is 1020. The molecule has 0 radical (unpaired) electrons. The third kappa shape index (κ3) is 3.60. The lowest BCUT2D eigenvalue weighted by Crippen LogP contribution is -2.14.